The molecule has 0 unspecified atom stereocenters. The van der Waals surface area contributed by atoms with Crippen LogP contribution in [0.4, 0.5) is 0 Å². The standard InChI is InChI=1S/C13H19ClN2O4S/c1-4-7-15-13(17)9(2)16-21(18,19)10-5-6-12(20-3)11(14)8-10/h5-6,8-9,16H,4,7H2,1-3H3,(H,15,17)/t9-/m1/s1. The van der Waals surface area contributed by atoms with Crippen molar-refractivity contribution in [1.82, 2.24) is 10.0 Å². The largest absolute Gasteiger partial charge is 0.495 e. The van der Waals surface area contributed by atoms with Gasteiger partial charge in [-0.3, -0.25) is 4.79 Å². The van der Waals surface area contributed by atoms with Crippen molar-refractivity contribution in [1.29, 1.82) is 0 Å². The molecule has 0 saturated heterocycles. The Morgan fingerprint density at radius 3 is 2.62 bits per heavy atom. The molecule has 118 valence electrons. The summed E-state index contributed by atoms with van der Waals surface area (Å²) in [5, 5.41) is 2.81. The quantitative estimate of drug-likeness (QED) is 0.792. The summed E-state index contributed by atoms with van der Waals surface area (Å²) in [4.78, 5) is 11.7. The second kappa shape index (κ2) is 7.63. The third-order valence-corrected chi connectivity index (χ3v) is 4.54. The van der Waals surface area contributed by atoms with E-state index >= 15 is 0 Å². The van der Waals surface area contributed by atoms with E-state index in [-0.39, 0.29) is 15.8 Å². The molecule has 1 aromatic rings. The molecular weight excluding hydrogens is 316 g/mol. The van der Waals surface area contributed by atoms with Crippen LogP contribution in [0.15, 0.2) is 23.1 Å². The molecular formula is C13H19ClN2O4S. The summed E-state index contributed by atoms with van der Waals surface area (Å²) in [5.74, 6) is 0.00406. The number of rotatable bonds is 7. The van der Waals surface area contributed by atoms with Gasteiger partial charge in [0.2, 0.25) is 15.9 Å². The molecule has 0 fully saturated rings. The van der Waals surface area contributed by atoms with Crippen LogP contribution in [0, 0.1) is 0 Å². The highest BCUT2D eigenvalue weighted by Gasteiger charge is 2.22. The molecule has 1 amide bonds. The molecule has 0 aromatic heterocycles. The van der Waals surface area contributed by atoms with Gasteiger partial charge in [0, 0.05) is 6.54 Å². The molecule has 1 atom stereocenters. The van der Waals surface area contributed by atoms with Crippen molar-refractivity contribution in [2.24, 2.45) is 0 Å². The minimum Gasteiger partial charge on any atom is -0.495 e. The number of sulfonamides is 1. The average molecular weight is 335 g/mol. The summed E-state index contributed by atoms with van der Waals surface area (Å²) in [6, 6.07) is 3.23. The summed E-state index contributed by atoms with van der Waals surface area (Å²) in [5.41, 5.74) is 0. The predicted molar refractivity (Wildman–Crippen MR) is 81.1 cm³/mol. The second-order valence-corrected chi connectivity index (χ2v) is 6.55. The molecule has 0 saturated carbocycles. The molecule has 21 heavy (non-hydrogen) atoms. The van der Waals surface area contributed by atoms with Crippen molar-refractivity contribution in [3.63, 3.8) is 0 Å². The highest BCUT2D eigenvalue weighted by atomic mass is 35.5. The fourth-order valence-corrected chi connectivity index (χ4v) is 3.12. The summed E-state index contributed by atoms with van der Waals surface area (Å²) in [7, 11) is -2.39. The smallest absolute Gasteiger partial charge is 0.241 e. The van der Waals surface area contributed by atoms with Crippen LogP contribution in [0.25, 0.3) is 0 Å². The molecule has 0 bridgehead atoms. The summed E-state index contributed by atoms with van der Waals surface area (Å²) in [6.07, 6.45) is 0.777. The lowest BCUT2D eigenvalue weighted by Gasteiger charge is -2.14. The first-order valence-electron chi connectivity index (χ1n) is 6.45. The molecule has 8 heteroatoms. The second-order valence-electron chi connectivity index (χ2n) is 4.43. The van der Waals surface area contributed by atoms with Gasteiger partial charge in [-0.25, -0.2) is 8.42 Å². The van der Waals surface area contributed by atoms with Crippen molar-refractivity contribution in [2.45, 2.75) is 31.2 Å². The number of nitrogens with one attached hydrogen (secondary N) is 2. The molecule has 0 heterocycles. The number of benzene rings is 1. The first-order chi connectivity index (χ1) is 9.81. The maximum atomic E-state index is 12.2. The van der Waals surface area contributed by atoms with Crippen molar-refractivity contribution in [3.05, 3.63) is 23.2 Å². The van der Waals surface area contributed by atoms with E-state index in [4.69, 9.17) is 16.3 Å². The van der Waals surface area contributed by atoms with Crippen LogP contribution in [0.5, 0.6) is 5.75 Å². The van der Waals surface area contributed by atoms with E-state index in [9.17, 15) is 13.2 Å². The van der Waals surface area contributed by atoms with Crippen LogP contribution in [0.2, 0.25) is 5.02 Å². The molecule has 0 spiro atoms. The van der Waals surface area contributed by atoms with Gasteiger partial charge in [0.05, 0.1) is 23.1 Å². The van der Waals surface area contributed by atoms with E-state index in [0.29, 0.717) is 12.3 Å². The molecule has 0 aliphatic carbocycles. The summed E-state index contributed by atoms with van der Waals surface area (Å²) >= 11 is 5.91. The van der Waals surface area contributed by atoms with Crippen molar-refractivity contribution >= 4 is 27.5 Å². The van der Waals surface area contributed by atoms with Crippen LogP contribution in [0.3, 0.4) is 0 Å². The number of amides is 1. The lowest BCUT2D eigenvalue weighted by molar-refractivity contribution is -0.122. The van der Waals surface area contributed by atoms with E-state index < -0.39 is 16.1 Å². The Morgan fingerprint density at radius 1 is 1.43 bits per heavy atom. The number of ether oxygens (including phenoxy) is 1. The van der Waals surface area contributed by atoms with Gasteiger partial charge in [-0.1, -0.05) is 18.5 Å². The van der Waals surface area contributed by atoms with Gasteiger partial charge in [-0.15, -0.1) is 0 Å². The van der Waals surface area contributed by atoms with Gasteiger partial charge >= 0.3 is 0 Å². The lowest BCUT2D eigenvalue weighted by Crippen LogP contribution is -2.44. The van der Waals surface area contributed by atoms with E-state index in [2.05, 4.69) is 10.0 Å². The maximum absolute atomic E-state index is 12.2. The average Bonchev–Trinajstić information content (AvgIpc) is 2.44. The predicted octanol–water partition coefficient (Wildman–Crippen LogP) is 1.54. The SMILES string of the molecule is CCCNC(=O)[C@@H](C)NS(=O)(=O)c1ccc(OC)c(Cl)c1. The zero-order chi connectivity index (χ0) is 16.0. The first-order valence-corrected chi connectivity index (χ1v) is 8.31. The number of methoxy groups -OCH3 is 1. The Bertz CT molecular complexity index is 604. The van der Waals surface area contributed by atoms with E-state index in [1.54, 1.807) is 0 Å². The third-order valence-electron chi connectivity index (χ3n) is 2.71. The molecule has 6 nitrogen and oxygen atoms in total. The minimum absolute atomic E-state index is 0.0246. The van der Waals surface area contributed by atoms with Crippen LogP contribution in [-0.4, -0.2) is 34.0 Å². The van der Waals surface area contributed by atoms with Crippen LogP contribution in [0.1, 0.15) is 20.3 Å². The fourth-order valence-electron chi connectivity index (χ4n) is 1.57. The Balaban J connectivity index is 2.86. The van der Waals surface area contributed by atoms with E-state index in [1.807, 2.05) is 6.92 Å². The monoisotopic (exact) mass is 334 g/mol. The topological polar surface area (TPSA) is 84.5 Å². The Morgan fingerprint density at radius 2 is 2.10 bits per heavy atom. The molecule has 0 aliphatic rings. The molecule has 1 rings (SSSR count). The van der Waals surface area contributed by atoms with Crippen LogP contribution < -0.4 is 14.8 Å². The fraction of sp³-hybridized carbons (Fsp3) is 0.462. The molecule has 0 aliphatic heterocycles. The maximum Gasteiger partial charge on any atom is 0.241 e. The first kappa shape index (κ1) is 17.7. The van der Waals surface area contributed by atoms with Gasteiger partial charge < -0.3 is 10.1 Å². The molecule has 0 radical (unpaired) electrons. The number of carbonyl (C=O) groups is 1. The minimum atomic E-state index is -3.83. The van der Waals surface area contributed by atoms with E-state index in [0.717, 1.165) is 6.42 Å². The van der Waals surface area contributed by atoms with Crippen LogP contribution in [-0.2, 0) is 14.8 Å². The van der Waals surface area contributed by atoms with Crippen molar-refractivity contribution in [2.75, 3.05) is 13.7 Å². The lowest BCUT2D eigenvalue weighted by atomic mass is 10.3. The van der Waals surface area contributed by atoms with Crippen molar-refractivity contribution in [3.8, 4) is 5.75 Å². The zero-order valence-electron chi connectivity index (χ0n) is 12.1. The third kappa shape index (κ3) is 4.87. The van der Waals surface area contributed by atoms with Gasteiger partial charge in [0.15, 0.2) is 0 Å². The number of hydrogen-bond donors (Lipinski definition) is 2. The van der Waals surface area contributed by atoms with Gasteiger partial charge in [-0.2, -0.15) is 4.72 Å². The van der Waals surface area contributed by atoms with E-state index in [1.165, 1.54) is 32.2 Å². The summed E-state index contributed by atoms with van der Waals surface area (Å²) in [6.45, 7) is 3.89. The van der Waals surface area contributed by atoms with Gasteiger partial charge in [0.1, 0.15) is 5.75 Å². The number of halogens is 1. The highest BCUT2D eigenvalue weighted by molar-refractivity contribution is 7.89. The Kier molecular flexibility index (Phi) is 6.44. The summed E-state index contributed by atoms with van der Waals surface area (Å²) < 4.78 is 31.6. The molecule has 2 N–H and O–H groups in total. The van der Waals surface area contributed by atoms with Crippen LogP contribution >= 0.6 is 11.6 Å². The number of carbonyl (C=O) groups excluding carboxylic acids is 1. The highest BCUT2D eigenvalue weighted by Crippen LogP contribution is 2.26. The number of hydrogen-bond acceptors (Lipinski definition) is 4. The van der Waals surface area contributed by atoms with Gasteiger partial charge in [0.25, 0.3) is 0 Å². The molecule has 1 aromatic carbocycles. The normalized spacial score (nSPS) is 12.8. The zero-order valence-corrected chi connectivity index (χ0v) is 13.7. The Labute approximate surface area is 129 Å². The van der Waals surface area contributed by atoms with Gasteiger partial charge in [-0.05, 0) is 31.5 Å². The van der Waals surface area contributed by atoms with Crippen molar-refractivity contribution < 1.29 is 17.9 Å². The Hall–Kier alpha value is -1.31.